The van der Waals surface area contributed by atoms with Crippen LogP contribution in [0, 0.1) is 0 Å². The molecule has 0 bridgehead atoms. The van der Waals surface area contributed by atoms with Gasteiger partial charge in [0.05, 0.1) is 11.4 Å². The molecule has 0 atom stereocenters. The van der Waals surface area contributed by atoms with Crippen LogP contribution >= 0.6 is 27.5 Å². The molecule has 0 aliphatic rings. The van der Waals surface area contributed by atoms with Gasteiger partial charge in [0.25, 0.3) is 0 Å². The summed E-state index contributed by atoms with van der Waals surface area (Å²) in [5.74, 6) is 0.153. The van der Waals surface area contributed by atoms with Gasteiger partial charge < -0.3 is 4.52 Å². The van der Waals surface area contributed by atoms with E-state index in [1.165, 1.54) is 12.1 Å². The Morgan fingerprint density at radius 2 is 1.83 bits per heavy atom. The standard InChI is InChI=1S/C11H6BrClF3NO/c12-10-8(5-13)9(17-18-10)6-1-3-7(4-2-6)11(14,15)16/h1-4H,5H2. The number of hydrogen-bond acceptors (Lipinski definition) is 2. The summed E-state index contributed by atoms with van der Waals surface area (Å²) < 4.78 is 42.5. The first-order chi connectivity index (χ1) is 8.43. The molecule has 2 nitrogen and oxygen atoms in total. The van der Waals surface area contributed by atoms with Crippen LogP contribution in [0.4, 0.5) is 13.2 Å². The summed E-state index contributed by atoms with van der Waals surface area (Å²) in [4.78, 5) is 0. The summed E-state index contributed by atoms with van der Waals surface area (Å²) >= 11 is 8.85. The molecule has 0 amide bonds. The number of rotatable bonds is 2. The van der Waals surface area contributed by atoms with Crippen LogP contribution in [0.3, 0.4) is 0 Å². The first kappa shape index (κ1) is 13.4. The van der Waals surface area contributed by atoms with Gasteiger partial charge in [-0.15, -0.1) is 11.6 Å². The quantitative estimate of drug-likeness (QED) is 0.730. The largest absolute Gasteiger partial charge is 0.416 e. The lowest BCUT2D eigenvalue weighted by molar-refractivity contribution is -0.137. The van der Waals surface area contributed by atoms with E-state index >= 15 is 0 Å². The predicted octanol–water partition coefficient (Wildman–Crippen LogP) is 4.86. The molecule has 0 fully saturated rings. The van der Waals surface area contributed by atoms with Crippen LogP contribution in [-0.4, -0.2) is 5.16 Å². The van der Waals surface area contributed by atoms with Gasteiger partial charge in [-0.05, 0) is 28.1 Å². The van der Waals surface area contributed by atoms with Crippen LogP contribution in [0.25, 0.3) is 11.3 Å². The summed E-state index contributed by atoms with van der Waals surface area (Å²) in [6, 6.07) is 4.66. The van der Waals surface area contributed by atoms with Crippen LogP contribution in [0.15, 0.2) is 33.5 Å². The number of aromatic nitrogens is 1. The Morgan fingerprint density at radius 3 is 2.33 bits per heavy atom. The van der Waals surface area contributed by atoms with Crippen molar-refractivity contribution in [3.63, 3.8) is 0 Å². The molecule has 1 aromatic carbocycles. The smallest absolute Gasteiger partial charge is 0.348 e. The molecule has 0 spiro atoms. The van der Waals surface area contributed by atoms with E-state index in [1.807, 2.05) is 0 Å². The van der Waals surface area contributed by atoms with Gasteiger partial charge in [0.15, 0.2) is 0 Å². The van der Waals surface area contributed by atoms with Gasteiger partial charge in [-0.3, -0.25) is 0 Å². The fourth-order valence-electron chi connectivity index (χ4n) is 1.45. The van der Waals surface area contributed by atoms with E-state index in [-0.39, 0.29) is 5.88 Å². The Morgan fingerprint density at radius 1 is 1.22 bits per heavy atom. The van der Waals surface area contributed by atoms with Crippen molar-refractivity contribution in [2.75, 3.05) is 0 Å². The van der Waals surface area contributed by atoms with Gasteiger partial charge in [-0.1, -0.05) is 17.3 Å². The molecule has 96 valence electrons. The van der Waals surface area contributed by atoms with E-state index in [9.17, 15) is 13.2 Å². The second-order valence-electron chi connectivity index (χ2n) is 3.49. The van der Waals surface area contributed by atoms with E-state index in [0.29, 0.717) is 21.5 Å². The second-order valence-corrected chi connectivity index (χ2v) is 4.48. The summed E-state index contributed by atoms with van der Waals surface area (Å²) in [7, 11) is 0. The highest BCUT2D eigenvalue weighted by Crippen LogP contribution is 2.33. The molecule has 2 rings (SSSR count). The SMILES string of the molecule is FC(F)(F)c1ccc(-c2noc(Br)c2CCl)cc1. The van der Waals surface area contributed by atoms with Crippen LogP contribution < -0.4 is 0 Å². The van der Waals surface area contributed by atoms with Gasteiger partial charge in [0.2, 0.25) is 4.67 Å². The van der Waals surface area contributed by atoms with Crippen LogP contribution in [-0.2, 0) is 12.1 Å². The van der Waals surface area contributed by atoms with E-state index in [1.54, 1.807) is 0 Å². The van der Waals surface area contributed by atoms with Gasteiger partial charge in [-0.25, -0.2) is 0 Å². The fraction of sp³-hybridized carbons (Fsp3) is 0.182. The Bertz CT molecular complexity index is 550. The summed E-state index contributed by atoms with van der Waals surface area (Å²) in [6.45, 7) is 0. The summed E-state index contributed by atoms with van der Waals surface area (Å²) in [5.41, 5.74) is 0.858. The molecule has 0 saturated carbocycles. The summed E-state index contributed by atoms with van der Waals surface area (Å²) in [6.07, 6.45) is -4.35. The maximum atomic E-state index is 12.4. The first-order valence-electron chi connectivity index (χ1n) is 4.81. The third kappa shape index (κ3) is 2.54. The normalized spacial score (nSPS) is 11.8. The molecule has 7 heteroatoms. The van der Waals surface area contributed by atoms with Crippen molar-refractivity contribution in [1.82, 2.24) is 5.16 Å². The number of alkyl halides is 4. The topological polar surface area (TPSA) is 26.0 Å². The fourth-order valence-corrected chi connectivity index (χ4v) is 2.26. The van der Waals surface area contributed by atoms with E-state index < -0.39 is 11.7 Å². The average molecular weight is 341 g/mol. The zero-order chi connectivity index (χ0) is 13.3. The number of halogens is 5. The van der Waals surface area contributed by atoms with Crippen LogP contribution in [0.2, 0.25) is 0 Å². The molecule has 0 unspecified atom stereocenters. The van der Waals surface area contributed by atoms with Crippen LogP contribution in [0.1, 0.15) is 11.1 Å². The minimum Gasteiger partial charge on any atom is -0.348 e. The van der Waals surface area contributed by atoms with Crippen molar-refractivity contribution in [1.29, 1.82) is 0 Å². The van der Waals surface area contributed by atoms with Crippen molar-refractivity contribution in [3.05, 3.63) is 40.1 Å². The van der Waals surface area contributed by atoms with E-state index in [0.717, 1.165) is 12.1 Å². The Balaban J connectivity index is 2.40. The average Bonchev–Trinajstić information content (AvgIpc) is 2.69. The lowest BCUT2D eigenvalue weighted by Crippen LogP contribution is -2.04. The molecule has 0 aliphatic heterocycles. The maximum Gasteiger partial charge on any atom is 0.416 e. The molecule has 0 aliphatic carbocycles. The first-order valence-corrected chi connectivity index (χ1v) is 6.14. The molecule has 0 N–H and O–H groups in total. The van der Waals surface area contributed by atoms with Gasteiger partial charge in [0, 0.05) is 11.1 Å². The Kier molecular flexibility index (Phi) is 3.68. The second kappa shape index (κ2) is 4.93. The van der Waals surface area contributed by atoms with Gasteiger partial charge in [0.1, 0.15) is 5.69 Å². The third-order valence-corrected chi connectivity index (χ3v) is 3.25. The minimum absolute atomic E-state index is 0.153. The monoisotopic (exact) mass is 339 g/mol. The van der Waals surface area contributed by atoms with Crippen molar-refractivity contribution >= 4 is 27.5 Å². The maximum absolute atomic E-state index is 12.4. The molecular formula is C11H6BrClF3NO. The Hall–Kier alpha value is -1.01. The molecular weight excluding hydrogens is 334 g/mol. The number of hydrogen-bond donors (Lipinski definition) is 0. The molecule has 0 saturated heterocycles. The van der Waals surface area contributed by atoms with Crippen LogP contribution in [0.5, 0.6) is 0 Å². The lowest BCUT2D eigenvalue weighted by atomic mass is 10.1. The van der Waals surface area contributed by atoms with Gasteiger partial charge in [-0.2, -0.15) is 13.2 Å². The molecule has 1 aromatic heterocycles. The predicted molar refractivity (Wildman–Crippen MR) is 64.2 cm³/mol. The van der Waals surface area contributed by atoms with E-state index in [4.69, 9.17) is 16.1 Å². The highest BCUT2D eigenvalue weighted by Gasteiger charge is 2.30. The Labute approximate surface area is 114 Å². The van der Waals surface area contributed by atoms with Crippen molar-refractivity contribution < 1.29 is 17.7 Å². The van der Waals surface area contributed by atoms with Crippen molar-refractivity contribution in [3.8, 4) is 11.3 Å². The molecule has 1 heterocycles. The zero-order valence-electron chi connectivity index (χ0n) is 8.76. The molecule has 0 radical (unpaired) electrons. The lowest BCUT2D eigenvalue weighted by Gasteiger charge is -2.06. The number of nitrogens with zero attached hydrogens (tertiary/aromatic N) is 1. The highest BCUT2D eigenvalue weighted by atomic mass is 79.9. The van der Waals surface area contributed by atoms with Crippen molar-refractivity contribution in [2.45, 2.75) is 12.1 Å². The molecule has 2 aromatic rings. The summed E-state index contributed by atoms with van der Waals surface area (Å²) in [5, 5.41) is 3.76. The number of benzene rings is 1. The van der Waals surface area contributed by atoms with Gasteiger partial charge >= 0.3 is 6.18 Å². The molecule has 18 heavy (non-hydrogen) atoms. The third-order valence-electron chi connectivity index (χ3n) is 2.36. The minimum atomic E-state index is -4.35. The zero-order valence-corrected chi connectivity index (χ0v) is 11.1. The van der Waals surface area contributed by atoms with Crippen molar-refractivity contribution in [2.24, 2.45) is 0 Å². The van der Waals surface area contributed by atoms with E-state index in [2.05, 4.69) is 21.1 Å². The highest BCUT2D eigenvalue weighted by molar-refractivity contribution is 9.10.